The fourth-order valence-corrected chi connectivity index (χ4v) is 1.71. The minimum absolute atomic E-state index is 0.0784. The molecule has 0 aliphatic carbocycles. The van der Waals surface area contributed by atoms with E-state index in [1.54, 1.807) is 6.07 Å². The van der Waals surface area contributed by atoms with Crippen LogP contribution in [0.1, 0.15) is 17.5 Å². The molecule has 0 saturated carbocycles. The first-order valence-electron chi connectivity index (χ1n) is 4.63. The lowest BCUT2D eigenvalue weighted by atomic mass is 10.0. The van der Waals surface area contributed by atoms with Gasteiger partial charge in [-0.05, 0) is 24.5 Å². The van der Waals surface area contributed by atoms with Crippen molar-refractivity contribution in [3.63, 3.8) is 0 Å². The SMILES string of the molecule is N#CCc1c(F)ccc2c1OCCC2. The molecular formula is C11H10FNO. The first-order chi connectivity index (χ1) is 6.83. The van der Waals surface area contributed by atoms with Crippen LogP contribution in [0.4, 0.5) is 4.39 Å². The minimum atomic E-state index is -0.341. The van der Waals surface area contributed by atoms with Crippen molar-refractivity contribution >= 4 is 0 Å². The van der Waals surface area contributed by atoms with E-state index in [1.807, 2.05) is 6.07 Å². The summed E-state index contributed by atoms with van der Waals surface area (Å²) in [4.78, 5) is 0. The van der Waals surface area contributed by atoms with Gasteiger partial charge in [0.25, 0.3) is 0 Å². The van der Waals surface area contributed by atoms with Crippen LogP contribution >= 0.6 is 0 Å². The third-order valence-electron chi connectivity index (χ3n) is 2.38. The van der Waals surface area contributed by atoms with Gasteiger partial charge in [0.15, 0.2) is 0 Å². The van der Waals surface area contributed by atoms with Crippen molar-refractivity contribution in [2.24, 2.45) is 0 Å². The van der Waals surface area contributed by atoms with Crippen molar-refractivity contribution in [3.8, 4) is 11.8 Å². The lowest BCUT2D eigenvalue weighted by Gasteiger charge is -2.19. The van der Waals surface area contributed by atoms with Crippen molar-refractivity contribution in [1.29, 1.82) is 5.26 Å². The van der Waals surface area contributed by atoms with Gasteiger partial charge in [-0.1, -0.05) is 6.07 Å². The lowest BCUT2D eigenvalue weighted by molar-refractivity contribution is 0.283. The molecule has 0 radical (unpaired) electrons. The van der Waals surface area contributed by atoms with Crippen molar-refractivity contribution in [2.45, 2.75) is 19.3 Å². The Bertz CT molecular complexity index is 395. The summed E-state index contributed by atoms with van der Waals surface area (Å²) in [5.74, 6) is 0.255. The topological polar surface area (TPSA) is 33.0 Å². The molecule has 2 rings (SSSR count). The Morgan fingerprint density at radius 2 is 2.36 bits per heavy atom. The smallest absolute Gasteiger partial charge is 0.131 e. The Hall–Kier alpha value is -1.56. The molecule has 1 aromatic rings. The average molecular weight is 191 g/mol. The van der Waals surface area contributed by atoms with Crippen molar-refractivity contribution < 1.29 is 9.13 Å². The first-order valence-corrected chi connectivity index (χ1v) is 4.63. The number of fused-ring (bicyclic) bond motifs is 1. The molecule has 0 saturated heterocycles. The maximum Gasteiger partial charge on any atom is 0.131 e. The second-order valence-corrected chi connectivity index (χ2v) is 3.30. The van der Waals surface area contributed by atoms with Gasteiger partial charge in [0.05, 0.1) is 19.1 Å². The van der Waals surface area contributed by atoms with Crippen LogP contribution in [0, 0.1) is 17.1 Å². The molecule has 1 aliphatic rings. The summed E-state index contributed by atoms with van der Waals surface area (Å²) in [6.07, 6.45) is 1.95. The minimum Gasteiger partial charge on any atom is -0.493 e. The Balaban J connectivity index is 2.50. The Morgan fingerprint density at radius 3 is 3.14 bits per heavy atom. The van der Waals surface area contributed by atoms with E-state index in [4.69, 9.17) is 10.00 Å². The monoisotopic (exact) mass is 191 g/mol. The van der Waals surface area contributed by atoms with Gasteiger partial charge in [0.2, 0.25) is 0 Å². The Kier molecular flexibility index (Phi) is 2.36. The zero-order valence-electron chi connectivity index (χ0n) is 7.72. The molecule has 72 valence electrons. The Morgan fingerprint density at radius 1 is 1.50 bits per heavy atom. The molecule has 1 aromatic carbocycles. The molecule has 0 bridgehead atoms. The summed E-state index contributed by atoms with van der Waals surface area (Å²) < 4.78 is 18.7. The van der Waals surface area contributed by atoms with E-state index in [0.29, 0.717) is 17.9 Å². The highest BCUT2D eigenvalue weighted by Gasteiger charge is 2.17. The van der Waals surface area contributed by atoms with E-state index >= 15 is 0 Å². The molecule has 1 aliphatic heterocycles. The van der Waals surface area contributed by atoms with Gasteiger partial charge in [-0.25, -0.2) is 4.39 Å². The van der Waals surface area contributed by atoms with Crippen molar-refractivity contribution in [1.82, 2.24) is 0 Å². The number of rotatable bonds is 1. The number of halogens is 1. The zero-order valence-corrected chi connectivity index (χ0v) is 7.72. The van der Waals surface area contributed by atoms with Crippen LogP contribution in [-0.2, 0) is 12.8 Å². The normalized spacial score (nSPS) is 14.0. The molecule has 14 heavy (non-hydrogen) atoms. The molecule has 0 amide bonds. The number of nitriles is 1. The van der Waals surface area contributed by atoms with E-state index in [-0.39, 0.29) is 12.2 Å². The van der Waals surface area contributed by atoms with E-state index in [9.17, 15) is 4.39 Å². The van der Waals surface area contributed by atoms with Crippen LogP contribution in [0.3, 0.4) is 0 Å². The summed E-state index contributed by atoms with van der Waals surface area (Å²) in [6.45, 7) is 0.620. The van der Waals surface area contributed by atoms with Gasteiger partial charge >= 0.3 is 0 Å². The lowest BCUT2D eigenvalue weighted by Crippen LogP contribution is -2.11. The largest absolute Gasteiger partial charge is 0.493 e. The van der Waals surface area contributed by atoms with Gasteiger partial charge < -0.3 is 4.74 Å². The standard InChI is InChI=1S/C11H10FNO/c12-10-4-3-8-2-1-7-14-11(8)9(10)5-6-13/h3-4H,1-2,5,7H2. The molecule has 0 N–H and O–H groups in total. The van der Waals surface area contributed by atoms with Gasteiger partial charge in [0.1, 0.15) is 11.6 Å². The summed E-state index contributed by atoms with van der Waals surface area (Å²) in [5, 5.41) is 8.57. The third kappa shape index (κ3) is 1.44. The fourth-order valence-electron chi connectivity index (χ4n) is 1.71. The highest BCUT2D eigenvalue weighted by molar-refractivity contribution is 5.44. The summed E-state index contributed by atoms with van der Waals surface area (Å²) in [7, 11) is 0. The van der Waals surface area contributed by atoms with Crippen LogP contribution < -0.4 is 4.74 Å². The second kappa shape index (κ2) is 3.67. The highest BCUT2D eigenvalue weighted by atomic mass is 19.1. The fraction of sp³-hybridized carbons (Fsp3) is 0.364. The van der Waals surface area contributed by atoms with Crippen LogP contribution in [0.15, 0.2) is 12.1 Å². The predicted molar refractivity (Wildman–Crippen MR) is 49.5 cm³/mol. The molecule has 0 fully saturated rings. The van der Waals surface area contributed by atoms with Gasteiger partial charge in [-0.3, -0.25) is 0 Å². The molecule has 0 atom stereocenters. The summed E-state index contributed by atoms with van der Waals surface area (Å²) >= 11 is 0. The number of hydrogen-bond acceptors (Lipinski definition) is 2. The maximum absolute atomic E-state index is 13.3. The highest BCUT2D eigenvalue weighted by Crippen LogP contribution is 2.30. The summed E-state index contributed by atoms with van der Waals surface area (Å²) in [6, 6.07) is 5.11. The van der Waals surface area contributed by atoms with Crippen LogP contribution in [-0.4, -0.2) is 6.61 Å². The predicted octanol–water partition coefficient (Wildman–Crippen LogP) is 2.22. The van der Waals surface area contributed by atoms with E-state index in [1.165, 1.54) is 6.07 Å². The van der Waals surface area contributed by atoms with E-state index < -0.39 is 0 Å². The number of aryl methyl sites for hydroxylation is 1. The third-order valence-corrected chi connectivity index (χ3v) is 2.38. The number of hydrogen-bond donors (Lipinski definition) is 0. The second-order valence-electron chi connectivity index (χ2n) is 3.30. The summed E-state index contributed by atoms with van der Waals surface area (Å²) in [5.41, 5.74) is 1.42. The van der Waals surface area contributed by atoms with E-state index in [2.05, 4.69) is 0 Å². The van der Waals surface area contributed by atoms with Crippen molar-refractivity contribution in [3.05, 3.63) is 29.1 Å². The van der Waals surface area contributed by atoms with E-state index in [0.717, 1.165) is 18.4 Å². The zero-order chi connectivity index (χ0) is 9.97. The maximum atomic E-state index is 13.3. The molecule has 3 heteroatoms. The van der Waals surface area contributed by atoms with Crippen LogP contribution in [0.2, 0.25) is 0 Å². The number of ether oxygens (including phenoxy) is 1. The number of benzene rings is 1. The number of nitrogens with zero attached hydrogens (tertiary/aromatic N) is 1. The molecule has 1 heterocycles. The van der Waals surface area contributed by atoms with Crippen LogP contribution in [0.25, 0.3) is 0 Å². The molecule has 0 spiro atoms. The molecule has 0 unspecified atom stereocenters. The Labute approximate surface area is 81.9 Å². The first kappa shape index (κ1) is 9.01. The van der Waals surface area contributed by atoms with Crippen molar-refractivity contribution in [2.75, 3.05) is 6.61 Å². The molecule has 2 nitrogen and oxygen atoms in total. The quantitative estimate of drug-likeness (QED) is 0.681. The average Bonchev–Trinajstić information content (AvgIpc) is 2.23. The van der Waals surface area contributed by atoms with Gasteiger partial charge in [-0.2, -0.15) is 5.26 Å². The van der Waals surface area contributed by atoms with Gasteiger partial charge in [-0.15, -0.1) is 0 Å². The molecular weight excluding hydrogens is 181 g/mol. The van der Waals surface area contributed by atoms with Crippen LogP contribution in [0.5, 0.6) is 5.75 Å². The molecule has 0 aromatic heterocycles. The van der Waals surface area contributed by atoms with Gasteiger partial charge in [0, 0.05) is 5.56 Å².